The number of aliphatic hydroxyl groups excluding tert-OH is 1. The molecule has 4 atom stereocenters. The molecular weight excluding hydrogens is 312 g/mol. The van der Waals surface area contributed by atoms with Gasteiger partial charge < -0.3 is 19.3 Å². The van der Waals surface area contributed by atoms with E-state index >= 15 is 0 Å². The second-order valence-electron chi connectivity index (χ2n) is 6.84. The maximum absolute atomic E-state index is 12.4. The summed E-state index contributed by atoms with van der Waals surface area (Å²) < 4.78 is 16.1. The molecule has 138 valence electrons. The zero-order valence-corrected chi connectivity index (χ0v) is 14.6. The third-order valence-corrected chi connectivity index (χ3v) is 4.85. The molecule has 2 rings (SSSR count). The number of aliphatic hydroxyl groups is 1. The molecule has 1 saturated heterocycles. The monoisotopic (exact) mass is 342 g/mol. The van der Waals surface area contributed by atoms with Gasteiger partial charge in [0.25, 0.3) is 0 Å². The molecule has 0 aromatic rings. The molecule has 0 radical (unpaired) electrons. The average Bonchev–Trinajstić information content (AvgIpc) is 3.11. The number of esters is 2. The number of ether oxygens (including phenoxy) is 3. The third kappa shape index (κ3) is 5.74. The van der Waals surface area contributed by atoms with E-state index in [0.29, 0.717) is 19.3 Å². The summed E-state index contributed by atoms with van der Waals surface area (Å²) in [5.74, 6) is -1.59. The summed E-state index contributed by atoms with van der Waals surface area (Å²) in [6, 6.07) is 0. The summed E-state index contributed by atoms with van der Waals surface area (Å²) in [6.45, 7) is 2.96. The Labute approximate surface area is 143 Å². The molecule has 0 aromatic carbocycles. The van der Waals surface area contributed by atoms with Crippen LogP contribution in [0.4, 0.5) is 0 Å². The van der Waals surface area contributed by atoms with E-state index in [1.807, 2.05) is 6.92 Å². The lowest BCUT2D eigenvalue weighted by Crippen LogP contribution is -2.36. The van der Waals surface area contributed by atoms with Gasteiger partial charge in [-0.3, -0.25) is 9.59 Å². The Hall–Kier alpha value is -1.14. The van der Waals surface area contributed by atoms with Gasteiger partial charge in [-0.25, -0.2) is 0 Å². The molecule has 2 fully saturated rings. The van der Waals surface area contributed by atoms with E-state index in [0.717, 1.165) is 38.7 Å². The fourth-order valence-electron chi connectivity index (χ4n) is 3.45. The van der Waals surface area contributed by atoms with Crippen LogP contribution < -0.4 is 0 Å². The summed E-state index contributed by atoms with van der Waals surface area (Å²) in [5, 5.41) is 9.69. The van der Waals surface area contributed by atoms with Crippen LogP contribution in [-0.4, -0.2) is 49.1 Å². The lowest BCUT2D eigenvalue weighted by molar-refractivity contribution is -0.166. The van der Waals surface area contributed by atoms with Crippen molar-refractivity contribution in [3.8, 4) is 0 Å². The molecule has 0 aromatic heterocycles. The van der Waals surface area contributed by atoms with Crippen LogP contribution >= 0.6 is 0 Å². The Morgan fingerprint density at radius 2 is 1.75 bits per heavy atom. The summed E-state index contributed by atoms with van der Waals surface area (Å²) in [5.41, 5.74) is 0. The summed E-state index contributed by atoms with van der Waals surface area (Å²) in [4.78, 5) is 24.7. The fourth-order valence-corrected chi connectivity index (χ4v) is 3.45. The Bertz CT molecular complexity index is 404. The molecule has 6 heteroatoms. The van der Waals surface area contributed by atoms with Gasteiger partial charge in [-0.2, -0.15) is 0 Å². The van der Waals surface area contributed by atoms with Crippen molar-refractivity contribution in [2.45, 2.75) is 70.5 Å². The molecule has 1 aliphatic heterocycles. The number of carbonyl (C=O) groups is 2. The van der Waals surface area contributed by atoms with Gasteiger partial charge in [0.2, 0.25) is 0 Å². The van der Waals surface area contributed by atoms with Gasteiger partial charge >= 0.3 is 11.9 Å². The molecule has 2 aliphatic rings. The van der Waals surface area contributed by atoms with Crippen LogP contribution in [0, 0.1) is 11.8 Å². The van der Waals surface area contributed by atoms with Crippen LogP contribution in [0.5, 0.6) is 0 Å². The standard InChI is InChI=1S/C18H30O6/c1-2-6-13(19)11-23-17(20)15-8-3-4-9-16(15)18(21)24-12-14-7-5-10-22-14/h13-16,19H,2-12H2,1H3. The molecule has 0 amide bonds. The van der Waals surface area contributed by atoms with Crippen LogP contribution in [0.3, 0.4) is 0 Å². The van der Waals surface area contributed by atoms with Crippen LogP contribution in [0.1, 0.15) is 58.3 Å². The number of hydrogen-bond donors (Lipinski definition) is 1. The minimum Gasteiger partial charge on any atom is -0.463 e. The maximum atomic E-state index is 12.4. The predicted octanol–water partition coefficient (Wildman–Crippen LogP) is 2.22. The minimum atomic E-state index is -0.632. The van der Waals surface area contributed by atoms with Gasteiger partial charge in [-0.15, -0.1) is 0 Å². The first-order valence-electron chi connectivity index (χ1n) is 9.24. The summed E-state index contributed by atoms with van der Waals surface area (Å²) >= 11 is 0. The lowest BCUT2D eigenvalue weighted by atomic mass is 9.79. The normalized spacial score (nSPS) is 28.3. The number of hydrogen-bond acceptors (Lipinski definition) is 6. The summed E-state index contributed by atoms with van der Waals surface area (Å²) in [7, 11) is 0. The number of rotatable bonds is 8. The molecule has 1 saturated carbocycles. The lowest BCUT2D eigenvalue weighted by Gasteiger charge is -2.28. The van der Waals surface area contributed by atoms with Crippen molar-refractivity contribution < 1.29 is 28.9 Å². The van der Waals surface area contributed by atoms with E-state index in [9.17, 15) is 14.7 Å². The molecule has 1 heterocycles. The van der Waals surface area contributed by atoms with E-state index < -0.39 is 17.9 Å². The SMILES string of the molecule is CCCC(O)COC(=O)C1CCCCC1C(=O)OCC1CCCO1. The zero-order valence-electron chi connectivity index (χ0n) is 14.6. The van der Waals surface area contributed by atoms with Crippen LogP contribution in [0.25, 0.3) is 0 Å². The molecule has 1 aliphatic carbocycles. The van der Waals surface area contributed by atoms with Crippen LogP contribution in [-0.2, 0) is 23.8 Å². The zero-order chi connectivity index (χ0) is 17.4. The second kappa shape index (κ2) is 9.99. The number of carbonyl (C=O) groups excluding carboxylic acids is 2. The smallest absolute Gasteiger partial charge is 0.309 e. The highest BCUT2D eigenvalue weighted by Gasteiger charge is 2.38. The van der Waals surface area contributed by atoms with E-state index in [-0.39, 0.29) is 31.3 Å². The topological polar surface area (TPSA) is 82.1 Å². The highest BCUT2D eigenvalue weighted by Crippen LogP contribution is 2.32. The van der Waals surface area contributed by atoms with Crippen molar-refractivity contribution in [3.63, 3.8) is 0 Å². The molecule has 0 spiro atoms. The molecule has 0 bridgehead atoms. The molecule has 6 nitrogen and oxygen atoms in total. The molecule has 1 N–H and O–H groups in total. The third-order valence-electron chi connectivity index (χ3n) is 4.85. The van der Waals surface area contributed by atoms with E-state index in [2.05, 4.69) is 0 Å². The molecule has 4 unspecified atom stereocenters. The first-order valence-corrected chi connectivity index (χ1v) is 9.24. The van der Waals surface area contributed by atoms with Crippen molar-refractivity contribution in [2.24, 2.45) is 11.8 Å². The van der Waals surface area contributed by atoms with Gasteiger partial charge in [0, 0.05) is 6.61 Å². The van der Waals surface area contributed by atoms with Crippen molar-refractivity contribution >= 4 is 11.9 Å². The maximum Gasteiger partial charge on any atom is 0.309 e. The molecule has 24 heavy (non-hydrogen) atoms. The first kappa shape index (κ1) is 19.2. The van der Waals surface area contributed by atoms with Gasteiger partial charge in [0.05, 0.1) is 24.0 Å². The first-order chi connectivity index (χ1) is 11.6. The Morgan fingerprint density at radius 3 is 2.33 bits per heavy atom. The summed E-state index contributed by atoms with van der Waals surface area (Å²) in [6.07, 6.45) is 5.84. The second-order valence-corrected chi connectivity index (χ2v) is 6.84. The van der Waals surface area contributed by atoms with Gasteiger partial charge in [0.1, 0.15) is 13.2 Å². The Morgan fingerprint density at radius 1 is 1.08 bits per heavy atom. The predicted molar refractivity (Wildman–Crippen MR) is 87.3 cm³/mol. The van der Waals surface area contributed by atoms with E-state index in [4.69, 9.17) is 14.2 Å². The van der Waals surface area contributed by atoms with Crippen LogP contribution in [0.15, 0.2) is 0 Å². The largest absolute Gasteiger partial charge is 0.463 e. The van der Waals surface area contributed by atoms with Gasteiger partial charge in [0.15, 0.2) is 0 Å². The van der Waals surface area contributed by atoms with Crippen molar-refractivity contribution in [1.29, 1.82) is 0 Å². The minimum absolute atomic E-state index is 0.000848. The Kier molecular flexibility index (Phi) is 7.99. The van der Waals surface area contributed by atoms with Gasteiger partial charge in [-0.05, 0) is 32.1 Å². The molecular formula is C18H30O6. The van der Waals surface area contributed by atoms with E-state index in [1.165, 1.54) is 0 Å². The van der Waals surface area contributed by atoms with Crippen molar-refractivity contribution in [2.75, 3.05) is 19.8 Å². The van der Waals surface area contributed by atoms with Crippen molar-refractivity contribution in [3.05, 3.63) is 0 Å². The van der Waals surface area contributed by atoms with Crippen LogP contribution in [0.2, 0.25) is 0 Å². The van der Waals surface area contributed by atoms with Crippen molar-refractivity contribution in [1.82, 2.24) is 0 Å². The fraction of sp³-hybridized carbons (Fsp3) is 0.889. The average molecular weight is 342 g/mol. The van der Waals surface area contributed by atoms with Gasteiger partial charge in [-0.1, -0.05) is 26.2 Å². The Balaban J connectivity index is 1.81. The highest BCUT2D eigenvalue weighted by molar-refractivity contribution is 5.82. The quantitative estimate of drug-likeness (QED) is 0.681. The highest BCUT2D eigenvalue weighted by atomic mass is 16.6. The van der Waals surface area contributed by atoms with E-state index in [1.54, 1.807) is 0 Å².